The van der Waals surface area contributed by atoms with Gasteiger partial charge in [0.2, 0.25) is 0 Å². The Morgan fingerprint density at radius 2 is 1.71 bits per heavy atom. The zero-order chi connectivity index (χ0) is 15.4. The number of halogens is 1. The van der Waals surface area contributed by atoms with Crippen molar-refractivity contribution in [3.8, 4) is 5.75 Å². The van der Waals surface area contributed by atoms with E-state index in [0.717, 1.165) is 6.07 Å². The standard InChI is InChI=1S/C15H12FNO4/c1-21-11-5-2-9(3-6-11)14(18)17-13-7-4-10(15(19)20)8-12(13)16/h2-8H,1H3,(H,17,18)(H,19,20). The van der Waals surface area contributed by atoms with Crippen LogP contribution in [0.4, 0.5) is 10.1 Å². The number of methoxy groups -OCH3 is 1. The van der Waals surface area contributed by atoms with Crippen molar-refractivity contribution in [1.29, 1.82) is 0 Å². The first-order valence-corrected chi connectivity index (χ1v) is 5.99. The first-order chi connectivity index (χ1) is 10.0. The van der Waals surface area contributed by atoms with Gasteiger partial charge in [-0.05, 0) is 42.5 Å². The number of amides is 1. The third-order valence-electron chi connectivity index (χ3n) is 2.82. The predicted molar refractivity (Wildman–Crippen MR) is 74.3 cm³/mol. The number of carbonyl (C=O) groups is 2. The van der Waals surface area contributed by atoms with Crippen molar-refractivity contribution in [3.63, 3.8) is 0 Å². The van der Waals surface area contributed by atoms with Crippen LogP contribution in [-0.4, -0.2) is 24.1 Å². The van der Waals surface area contributed by atoms with E-state index in [1.165, 1.54) is 31.4 Å². The molecule has 0 aliphatic rings. The molecule has 0 saturated carbocycles. The van der Waals surface area contributed by atoms with Crippen LogP contribution in [-0.2, 0) is 0 Å². The lowest BCUT2D eigenvalue weighted by molar-refractivity contribution is 0.0696. The van der Waals surface area contributed by atoms with Crippen molar-refractivity contribution in [2.45, 2.75) is 0 Å². The molecule has 0 radical (unpaired) electrons. The second-order valence-corrected chi connectivity index (χ2v) is 4.18. The Morgan fingerprint density at radius 3 is 2.24 bits per heavy atom. The van der Waals surface area contributed by atoms with Crippen molar-refractivity contribution in [1.82, 2.24) is 0 Å². The molecule has 1 amide bonds. The molecule has 0 atom stereocenters. The molecule has 0 fully saturated rings. The Hall–Kier alpha value is -2.89. The second kappa shape index (κ2) is 6.04. The van der Waals surface area contributed by atoms with Gasteiger partial charge in [0.15, 0.2) is 0 Å². The molecule has 0 aliphatic carbocycles. The lowest BCUT2D eigenvalue weighted by atomic mass is 10.1. The molecular weight excluding hydrogens is 277 g/mol. The molecule has 0 saturated heterocycles. The predicted octanol–water partition coefficient (Wildman–Crippen LogP) is 2.78. The van der Waals surface area contributed by atoms with E-state index in [9.17, 15) is 14.0 Å². The highest BCUT2D eigenvalue weighted by atomic mass is 19.1. The number of carbonyl (C=O) groups excluding carboxylic acids is 1. The highest BCUT2D eigenvalue weighted by Crippen LogP contribution is 2.18. The van der Waals surface area contributed by atoms with Crippen LogP contribution in [0.5, 0.6) is 5.75 Å². The molecule has 0 bridgehead atoms. The summed E-state index contributed by atoms with van der Waals surface area (Å²) in [6.45, 7) is 0. The molecule has 5 nitrogen and oxygen atoms in total. The summed E-state index contributed by atoms with van der Waals surface area (Å²) in [7, 11) is 1.51. The van der Waals surface area contributed by atoms with E-state index in [0.29, 0.717) is 11.3 Å². The van der Waals surface area contributed by atoms with E-state index < -0.39 is 17.7 Å². The van der Waals surface area contributed by atoms with Crippen molar-refractivity contribution in [3.05, 3.63) is 59.4 Å². The number of rotatable bonds is 4. The molecule has 21 heavy (non-hydrogen) atoms. The quantitative estimate of drug-likeness (QED) is 0.907. The Morgan fingerprint density at radius 1 is 1.10 bits per heavy atom. The van der Waals surface area contributed by atoms with Crippen LogP contribution in [0, 0.1) is 5.82 Å². The summed E-state index contributed by atoms with van der Waals surface area (Å²) in [5, 5.41) is 11.1. The highest BCUT2D eigenvalue weighted by molar-refractivity contribution is 6.04. The highest BCUT2D eigenvalue weighted by Gasteiger charge is 2.12. The van der Waals surface area contributed by atoms with Crippen molar-refractivity contribution >= 4 is 17.6 Å². The molecule has 6 heteroatoms. The van der Waals surface area contributed by atoms with Crippen LogP contribution in [0.15, 0.2) is 42.5 Å². The normalized spacial score (nSPS) is 10.0. The number of benzene rings is 2. The smallest absolute Gasteiger partial charge is 0.335 e. The topological polar surface area (TPSA) is 75.6 Å². The zero-order valence-corrected chi connectivity index (χ0v) is 11.1. The van der Waals surface area contributed by atoms with Crippen LogP contribution in [0.1, 0.15) is 20.7 Å². The number of anilines is 1. The first-order valence-electron chi connectivity index (χ1n) is 5.99. The van der Waals surface area contributed by atoms with Gasteiger partial charge in [-0.25, -0.2) is 9.18 Å². The maximum atomic E-state index is 13.7. The average molecular weight is 289 g/mol. The van der Waals surface area contributed by atoms with Gasteiger partial charge in [-0.15, -0.1) is 0 Å². The molecule has 2 aromatic carbocycles. The van der Waals surface area contributed by atoms with E-state index in [2.05, 4.69) is 5.32 Å². The van der Waals surface area contributed by atoms with Crippen LogP contribution in [0.25, 0.3) is 0 Å². The summed E-state index contributed by atoms with van der Waals surface area (Å²) in [5.41, 5.74) is 0.0632. The Kier molecular flexibility index (Phi) is 4.18. The lowest BCUT2D eigenvalue weighted by Crippen LogP contribution is -2.13. The first kappa shape index (κ1) is 14.5. The molecular formula is C15H12FNO4. The summed E-state index contributed by atoms with van der Waals surface area (Å²) in [5.74, 6) is -1.94. The van der Waals surface area contributed by atoms with Gasteiger partial charge in [-0.2, -0.15) is 0 Å². The van der Waals surface area contributed by atoms with Gasteiger partial charge in [0.1, 0.15) is 11.6 Å². The van der Waals surface area contributed by atoms with Crippen LogP contribution in [0.2, 0.25) is 0 Å². The number of hydrogen-bond donors (Lipinski definition) is 2. The van der Waals surface area contributed by atoms with Crippen LogP contribution < -0.4 is 10.1 Å². The fraction of sp³-hybridized carbons (Fsp3) is 0.0667. The van der Waals surface area contributed by atoms with Crippen molar-refractivity contribution in [2.75, 3.05) is 12.4 Å². The maximum absolute atomic E-state index is 13.7. The fourth-order valence-corrected chi connectivity index (χ4v) is 1.69. The third kappa shape index (κ3) is 3.36. The van der Waals surface area contributed by atoms with Gasteiger partial charge in [0, 0.05) is 5.56 Å². The van der Waals surface area contributed by atoms with Gasteiger partial charge in [0.25, 0.3) is 5.91 Å². The molecule has 108 valence electrons. The van der Waals surface area contributed by atoms with E-state index in [1.54, 1.807) is 12.1 Å². The molecule has 0 heterocycles. The van der Waals surface area contributed by atoms with E-state index in [-0.39, 0.29) is 11.3 Å². The molecule has 0 aliphatic heterocycles. The van der Waals surface area contributed by atoms with Crippen LogP contribution in [0.3, 0.4) is 0 Å². The SMILES string of the molecule is COc1ccc(C(=O)Nc2ccc(C(=O)O)cc2F)cc1. The van der Waals surface area contributed by atoms with Crippen LogP contribution >= 0.6 is 0 Å². The maximum Gasteiger partial charge on any atom is 0.335 e. The summed E-state index contributed by atoms with van der Waals surface area (Å²) in [4.78, 5) is 22.7. The Labute approximate surface area is 120 Å². The molecule has 2 N–H and O–H groups in total. The second-order valence-electron chi connectivity index (χ2n) is 4.18. The number of hydrogen-bond acceptors (Lipinski definition) is 3. The monoisotopic (exact) mass is 289 g/mol. The average Bonchev–Trinajstić information content (AvgIpc) is 2.49. The fourth-order valence-electron chi connectivity index (χ4n) is 1.69. The molecule has 0 aromatic heterocycles. The third-order valence-corrected chi connectivity index (χ3v) is 2.82. The summed E-state index contributed by atoms with van der Waals surface area (Å²) in [6.07, 6.45) is 0. The molecule has 0 unspecified atom stereocenters. The molecule has 0 spiro atoms. The molecule has 2 rings (SSSR count). The number of aromatic carboxylic acids is 1. The minimum absolute atomic E-state index is 0.0826. The number of carboxylic acids is 1. The van der Waals surface area contributed by atoms with E-state index >= 15 is 0 Å². The number of carboxylic acid groups (broad SMARTS) is 1. The Balaban J connectivity index is 2.17. The molecule has 2 aromatic rings. The summed E-state index contributed by atoms with van der Waals surface area (Å²) >= 11 is 0. The zero-order valence-electron chi connectivity index (χ0n) is 11.1. The van der Waals surface area contributed by atoms with Gasteiger partial charge in [0.05, 0.1) is 18.4 Å². The number of ether oxygens (including phenoxy) is 1. The van der Waals surface area contributed by atoms with Gasteiger partial charge >= 0.3 is 5.97 Å². The Bertz CT molecular complexity index is 683. The van der Waals surface area contributed by atoms with Gasteiger partial charge in [-0.1, -0.05) is 0 Å². The van der Waals surface area contributed by atoms with E-state index in [1.807, 2.05) is 0 Å². The minimum atomic E-state index is -1.23. The summed E-state index contributed by atoms with van der Waals surface area (Å²) in [6, 6.07) is 9.58. The van der Waals surface area contributed by atoms with E-state index in [4.69, 9.17) is 9.84 Å². The van der Waals surface area contributed by atoms with Crippen molar-refractivity contribution in [2.24, 2.45) is 0 Å². The number of nitrogens with one attached hydrogen (secondary N) is 1. The minimum Gasteiger partial charge on any atom is -0.497 e. The van der Waals surface area contributed by atoms with Gasteiger partial charge in [-0.3, -0.25) is 4.79 Å². The largest absolute Gasteiger partial charge is 0.497 e. The lowest BCUT2D eigenvalue weighted by Gasteiger charge is -2.07. The summed E-state index contributed by atoms with van der Waals surface area (Å²) < 4.78 is 18.7. The van der Waals surface area contributed by atoms with Gasteiger partial charge < -0.3 is 15.2 Å². The van der Waals surface area contributed by atoms with Crippen molar-refractivity contribution < 1.29 is 23.8 Å².